The number of amides is 5. The number of nitrogens with zero attached hydrogens (tertiary/aromatic N) is 2. The molecule has 1 atom stereocenters. The molecule has 0 saturated heterocycles. The number of anilines is 1. The number of carbonyl (C=O) groups excluding carboxylic acids is 5. The molecule has 192 valence electrons. The van der Waals surface area contributed by atoms with E-state index in [1.54, 1.807) is 19.1 Å². The van der Waals surface area contributed by atoms with Gasteiger partial charge in [0.05, 0.1) is 11.9 Å². The van der Waals surface area contributed by atoms with Crippen LogP contribution in [0.25, 0.3) is 0 Å². The van der Waals surface area contributed by atoms with Crippen molar-refractivity contribution in [2.24, 2.45) is 0 Å². The van der Waals surface area contributed by atoms with Crippen molar-refractivity contribution < 1.29 is 28.7 Å². The van der Waals surface area contributed by atoms with Crippen molar-refractivity contribution in [2.45, 2.75) is 52.1 Å². The van der Waals surface area contributed by atoms with Crippen molar-refractivity contribution in [1.82, 2.24) is 20.9 Å². The fourth-order valence-electron chi connectivity index (χ4n) is 3.12. The maximum atomic E-state index is 12.5. The summed E-state index contributed by atoms with van der Waals surface area (Å²) in [7, 11) is 1.32. The van der Waals surface area contributed by atoms with E-state index in [0.29, 0.717) is 18.7 Å². The van der Waals surface area contributed by atoms with Gasteiger partial charge in [0, 0.05) is 32.5 Å². The minimum absolute atomic E-state index is 0.0139. The van der Waals surface area contributed by atoms with E-state index in [-0.39, 0.29) is 30.2 Å². The molecular weight excluding hydrogens is 466 g/mol. The van der Waals surface area contributed by atoms with Gasteiger partial charge in [0.2, 0.25) is 17.7 Å². The van der Waals surface area contributed by atoms with Crippen molar-refractivity contribution in [3.8, 4) is 11.6 Å². The highest BCUT2D eigenvalue weighted by molar-refractivity contribution is 6.12. The SMILES string of the molecule is CCCCC(=O)NCc1ccc(Oc2ccc(N(C(=O)CC)C(C=O)C(=O)NC(=O)NC)cn2)cc1. The number of imide groups is 1. The van der Waals surface area contributed by atoms with Crippen LogP contribution in [0.4, 0.5) is 10.5 Å². The molecule has 0 bridgehead atoms. The number of hydrogen-bond donors (Lipinski definition) is 3. The number of aromatic nitrogens is 1. The van der Waals surface area contributed by atoms with Crippen LogP contribution in [-0.2, 0) is 25.7 Å². The summed E-state index contributed by atoms with van der Waals surface area (Å²) in [6.07, 6.45) is 3.92. The molecule has 1 aromatic carbocycles. The first-order chi connectivity index (χ1) is 17.3. The van der Waals surface area contributed by atoms with E-state index in [4.69, 9.17) is 4.74 Å². The number of rotatable bonds is 12. The van der Waals surface area contributed by atoms with Crippen LogP contribution in [0.3, 0.4) is 0 Å². The van der Waals surface area contributed by atoms with E-state index in [1.165, 1.54) is 25.4 Å². The molecule has 0 fully saturated rings. The summed E-state index contributed by atoms with van der Waals surface area (Å²) in [6, 6.07) is 7.74. The third-order valence-electron chi connectivity index (χ3n) is 5.10. The van der Waals surface area contributed by atoms with Gasteiger partial charge in [-0.2, -0.15) is 0 Å². The van der Waals surface area contributed by atoms with Gasteiger partial charge in [-0.1, -0.05) is 32.4 Å². The zero-order valence-electron chi connectivity index (χ0n) is 20.6. The lowest BCUT2D eigenvalue weighted by molar-refractivity contribution is -0.128. The number of carbonyl (C=O) groups is 5. The summed E-state index contributed by atoms with van der Waals surface area (Å²) in [4.78, 5) is 65.0. The minimum Gasteiger partial charge on any atom is -0.439 e. The number of pyridine rings is 1. The molecule has 0 aliphatic heterocycles. The standard InChI is InChI=1S/C25H31N5O6/c1-4-6-7-21(32)27-14-17-8-11-19(12-9-17)36-22-13-10-18(15-28-22)30(23(33)5-2)20(16-31)24(34)29-25(35)26-3/h8-13,15-16,20H,4-7,14H2,1-3H3,(H,27,32)(H2,26,29,34,35). The lowest BCUT2D eigenvalue weighted by Gasteiger charge is -2.26. The lowest BCUT2D eigenvalue weighted by Crippen LogP contribution is -2.53. The summed E-state index contributed by atoms with van der Waals surface area (Å²) in [5, 5.41) is 7.08. The van der Waals surface area contributed by atoms with Gasteiger partial charge in [-0.05, 0) is 30.2 Å². The highest BCUT2D eigenvalue weighted by Gasteiger charge is 2.31. The molecule has 5 amide bonds. The Hall–Kier alpha value is -4.28. The predicted octanol–water partition coefficient (Wildman–Crippen LogP) is 2.45. The Bertz CT molecular complexity index is 1060. The van der Waals surface area contributed by atoms with E-state index in [9.17, 15) is 24.0 Å². The Labute approximate surface area is 209 Å². The zero-order chi connectivity index (χ0) is 26.5. The Morgan fingerprint density at radius 3 is 2.36 bits per heavy atom. The van der Waals surface area contributed by atoms with Crippen LogP contribution in [-0.4, -0.2) is 48.1 Å². The first-order valence-electron chi connectivity index (χ1n) is 11.6. The lowest BCUT2D eigenvalue weighted by atomic mass is 10.2. The van der Waals surface area contributed by atoms with Crippen molar-refractivity contribution in [2.75, 3.05) is 11.9 Å². The smallest absolute Gasteiger partial charge is 0.321 e. The van der Waals surface area contributed by atoms with Gasteiger partial charge in [0.15, 0.2) is 12.3 Å². The van der Waals surface area contributed by atoms with Gasteiger partial charge < -0.3 is 20.2 Å². The Kier molecular flexibility index (Phi) is 11.0. The largest absolute Gasteiger partial charge is 0.439 e. The number of nitrogens with one attached hydrogen (secondary N) is 3. The first-order valence-corrected chi connectivity index (χ1v) is 11.6. The van der Waals surface area contributed by atoms with Crippen LogP contribution < -0.4 is 25.6 Å². The van der Waals surface area contributed by atoms with Crippen LogP contribution in [0, 0.1) is 0 Å². The van der Waals surface area contributed by atoms with E-state index in [1.807, 2.05) is 24.4 Å². The third-order valence-corrected chi connectivity index (χ3v) is 5.10. The van der Waals surface area contributed by atoms with E-state index in [0.717, 1.165) is 23.3 Å². The molecule has 2 rings (SSSR count). The monoisotopic (exact) mass is 497 g/mol. The second-order valence-electron chi connectivity index (χ2n) is 7.75. The maximum absolute atomic E-state index is 12.5. The number of benzene rings is 1. The maximum Gasteiger partial charge on any atom is 0.321 e. The molecule has 0 saturated carbocycles. The van der Waals surface area contributed by atoms with Crippen molar-refractivity contribution in [3.63, 3.8) is 0 Å². The van der Waals surface area contributed by atoms with E-state index < -0.39 is 23.9 Å². The summed E-state index contributed by atoms with van der Waals surface area (Å²) in [6.45, 7) is 4.03. The summed E-state index contributed by atoms with van der Waals surface area (Å²) >= 11 is 0. The molecule has 0 radical (unpaired) electrons. The number of urea groups is 1. The molecule has 1 aromatic heterocycles. The predicted molar refractivity (Wildman–Crippen MR) is 132 cm³/mol. The summed E-state index contributed by atoms with van der Waals surface area (Å²) in [5.41, 5.74) is 1.10. The van der Waals surface area contributed by atoms with Gasteiger partial charge in [0.25, 0.3) is 5.91 Å². The molecule has 0 aliphatic carbocycles. The quantitative estimate of drug-likeness (QED) is 0.301. The molecular formula is C25H31N5O6. The van der Waals surface area contributed by atoms with Gasteiger partial charge in [-0.25, -0.2) is 9.78 Å². The van der Waals surface area contributed by atoms with Crippen LogP contribution in [0.1, 0.15) is 45.1 Å². The molecule has 1 unspecified atom stereocenters. The number of aldehydes is 1. The summed E-state index contributed by atoms with van der Waals surface area (Å²) in [5.74, 6) is -0.714. The average molecular weight is 498 g/mol. The fourth-order valence-corrected chi connectivity index (χ4v) is 3.12. The molecule has 0 aliphatic rings. The molecule has 0 spiro atoms. The average Bonchev–Trinajstić information content (AvgIpc) is 2.90. The number of unbranched alkanes of at least 4 members (excludes halogenated alkanes) is 1. The molecule has 3 N–H and O–H groups in total. The van der Waals surface area contributed by atoms with Crippen LogP contribution >= 0.6 is 0 Å². The highest BCUT2D eigenvalue weighted by Crippen LogP contribution is 2.24. The molecule has 2 aromatic rings. The second kappa shape index (κ2) is 14.2. The molecule has 36 heavy (non-hydrogen) atoms. The summed E-state index contributed by atoms with van der Waals surface area (Å²) < 4.78 is 5.73. The van der Waals surface area contributed by atoms with Crippen LogP contribution in [0.2, 0.25) is 0 Å². The Balaban J connectivity index is 2.08. The fraction of sp³-hybridized carbons (Fsp3) is 0.360. The Morgan fingerprint density at radius 2 is 1.81 bits per heavy atom. The van der Waals surface area contributed by atoms with Crippen molar-refractivity contribution in [3.05, 3.63) is 48.2 Å². The normalized spacial score (nSPS) is 11.1. The Morgan fingerprint density at radius 1 is 1.08 bits per heavy atom. The number of ether oxygens (including phenoxy) is 1. The zero-order valence-corrected chi connectivity index (χ0v) is 20.6. The highest BCUT2D eigenvalue weighted by atomic mass is 16.5. The van der Waals surface area contributed by atoms with Crippen LogP contribution in [0.15, 0.2) is 42.6 Å². The van der Waals surface area contributed by atoms with Crippen molar-refractivity contribution >= 4 is 35.7 Å². The van der Waals surface area contributed by atoms with E-state index in [2.05, 4.69) is 15.6 Å². The van der Waals surface area contributed by atoms with Gasteiger partial charge in [-0.3, -0.25) is 24.6 Å². The number of hydrogen-bond acceptors (Lipinski definition) is 7. The van der Waals surface area contributed by atoms with Crippen LogP contribution in [0.5, 0.6) is 11.6 Å². The minimum atomic E-state index is -1.56. The van der Waals surface area contributed by atoms with Gasteiger partial charge >= 0.3 is 6.03 Å². The van der Waals surface area contributed by atoms with Gasteiger partial charge in [0.1, 0.15) is 5.75 Å². The second-order valence-corrected chi connectivity index (χ2v) is 7.75. The van der Waals surface area contributed by atoms with E-state index >= 15 is 0 Å². The molecule has 11 nitrogen and oxygen atoms in total. The first kappa shape index (κ1) is 28.0. The third kappa shape index (κ3) is 8.19. The van der Waals surface area contributed by atoms with Gasteiger partial charge in [-0.15, -0.1) is 0 Å². The molecule has 11 heteroatoms. The topological polar surface area (TPSA) is 147 Å². The van der Waals surface area contributed by atoms with Crippen molar-refractivity contribution in [1.29, 1.82) is 0 Å². The molecule has 1 heterocycles.